The van der Waals surface area contributed by atoms with Crippen LogP contribution in [-0.4, -0.2) is 11.1 Å². The van der Waals surface area contributed by atoms with Crippen LogP contribution in [0, 0.1) is 5.82 Å². The lowest BCUT2D eigenvalue weighted by Crippen LogP contribution is -2.01. The van der Waals surface area contributed by atoms with Crippen LogP contribution in [0.25, 0.3) is 0 Å². The van der Waals surface area contributed by atoms with Gasteiger partial charge in [-0.25, -0.2) is 4.39 Å². The van der Waals surface area contributed by atoms with Crippen LogP contribution >= 0.6 is 15.9 Å². The fourth-order valence-corrected chi connectivity index (χ4v) is 2.01. The summed E-state index contributed by atoms with van der Waals surface area (Å²) < 4.78 is 19.7. The number of carboxylic acids is 1. The van der Waals surface area contributed by atoms with Crippen LogP contribution in [-0.2, 0) is 17.8 Å². The van der Waals surface area contributed by atoms with Crippen LogP contribution in [0.5, 0.6) is 5.75 Å². The highest BCUT2D eigenvalue weighted by Gasteiger charge is 2.05. The molecule has 0 aromatic heterocycles. The molecule has 0 radical (unpaired) electrons. The van der Waals surface area contributed by atoms with Gasteiger partial charge in [-0.2, -0.15) is 0 Å². The Morgan fingerprint density at radius 2 is 1.90 bits per heavy atom. The van der Waals surface area contributed by atoms with E-state index in [1.54, 1.807) is 36.4 Å². The zero-order chi connectivity index (χ0) is 14.5. The van der Waals surface area contributed by atoms with Crippen LogP contribution in [0.15, 0.2) is 46.9 Å². The largest absolute Gasteiger partial charge is 0.489 e. The first-order valence-electron chi connectivity index (χ1n) is 5.92. The average Bonchev–Trinajstić information content (AvgIpc) is 2.39. The Morgan fingerprint density at radius 1 is 1.20 bits per heavy atom. The van der Waals surface area contributed by atoms with Crippen LogP contribution in [0.1, 0.15) is 11.1 Å². The molecule has 2 aromatic rings. The van der Waals surface area contributed by atoms with Crippen molar-refractivity contribution in [3.63, 3.8) is 0 Å². The molecule has 1 N–H and O–H groups in total. The molecule has 104 valence electrons. The van der Waals surface area contributed by atoms with Gasteiger partial charge in [-0.3, -0.25) is 4.79 Å². The van der Waals surface area contributed by atoms with Crippen molar-refractivity contribution in [2.75, 3.05) is 0 Å². The van der Waals surface area contributed by atoms with Gasteiger partial charge in [-0.15, -0.1) is 0 Å². The number of aliphatic carboxylic acids is 1. The predicted octanol–water partition coefficient (Wildman–Crippen LogP) is 3.79. The highest BCUT2D eigenvalue weighted by Crippen LogP contribution is 2.18. The minimum Gasteiger partial charge on any atom is -0.489 e. The number of ether oxygens (including phenoxy) is 1. The van der Waals surface area contributed by atoms with E-state index in [1.165, 1.54) is 6.07 Å². The van der Waals surface area contributed by atoms with Gasteiger partial charge in [0.25, 0.3) is 0 Å². The summed E-state index contributed by atoms with van der Waals surface area (Å²) in [6, 6.07) is 11.5. The quantitative estimate of drug-likeness (QED) is 0.901. The van der Waals surface area contributed by atoms with Crippen LogP contribution in [0.3, 0.4) is 0 Å². The van der Waals surface area contributed by atoms with Gasteiger partial charge in [0.2, 0.25) is 0 Å². The predicted molar refractivity (Wildman–Crippen MR) is 76.2 cm³/mol. The van der Waals surface area contributed by atoms with E-state index in [4.69, 9.17) is 9.84 Å². The topological polar surface area (TPSA) is 46.5 Å². The van der Waals surface area contributed by atoms with E-state index >= 15 is 0 Å². The molecular formula is C15H12BrFO3. The lowest BCUT2D eigenvalue weighted by molar-refractivity contribution is -0.136. The van der Waals surface area contributed by atoms with E-state index in [1.807, 2.05) is 0 Å². The Balaban J connectivity index is 1.98. The second kappa shape index (κ2) is 6.52. The van der Waals surface area contributed by atoms with Gasteiger partial charge in [0.05, 0.1) is 6.42 Å². The second-order valence-corrected chi connectivity index (χ2v) is 5.15. The number of hydrogen-bond donors (Lipinski definition) is 1. The first-order valence-corrected chi connectivity index (χ1v) is 6.71. The first kappa shape index (κ1) is 14.5. The molecule has 0 spiro atoms. The van der Waals surface area contributed by atoms with Gasteiger partial charge in [-0.05, 0) is 29.8 Å². The van der Waals surface area contributed by atoms with E-state index in [0.717, 1.165) is 0 Å². The molecule has 20 heavy (non-hydrogen) atoms. The van der Waals surface area contributed by atoms with Gasteiger partial charge in [0.15, 0.2) is 0 Å². The number of benzene rings is 2. The van der Waals surface area contributed by atoms with E-state index in [0.29, 0.717) is 21.3 Å². The molecule has 0 heterocycles. The van der Waals surface area contributed by atoms with Crippen molar-refractivity contribution in [1.82, 2.24) is 0 Å². The summed E-state index contributed by atoms with van der Waals surface area (Å²) in [6.07, 6.45) is -0.0262. The third-order valence-corrected chi connectivity index (χ3v) is 3.18. The summed E-state index contributed by atoms with van der Waals surface area (Å²) in [5.74, 6) is -0.640. The minimum absolute atomic E-state index is 0.0262. The Labute approximate surface area is 124 Å². The number of carboxylic acid groups (broad SMARTS) is 1. The summed E-state index contributed by atoms with van der Waals surface area (Å²) in [4.78, 5) is 10.6. The first-order chi connectivity index (χ1) is 9.54. The fraction of sp³-hybridized carbons (Fsp3) is 0.133. The second-order valence-electron chi connectivity index (χ2n) is 4.24. The lowest BCUT2D eigenvalue weighted by atomic mass is 10.1. The van der Waals surface area contributed by atoms with E-state index in [2.05, 4.69) is 15.9 Å². The highest BCUT2D eigenvalue weighted by atomic mass is 79.9. The Hall–Kier alpha value is -1.88. The third kappa shape index (κ3) is 4.06. The summed E-state index contributed by atoms with van der Waals surface area (Å²) in [5, 5.41) is 8.66. The van der Waals surface area contributed by atoms with E-state index in [9.17, 15) is 9.18 Å². The fourth-order valence-electron chi connectivity index (χ4n) is 1.68. The van der Waals surface area contributed by atoms with Crippen molar-refractivity contribution >= 4 is 21.9 Å². The smallest absolute Gasteiger partial charge is 0.307 e. The van der Waals surface area contributed by atoms with E-state index in [-0.39, 0.29) is 18.8 Å². The number of carbonyl (C=O) groups is 1. The molecule has 0 saturated heterocycles. The van der Waals surface area contributed by atoms with Crippen molar-refractivity contribution in [1.29, 1.82) is 0 Å². The van der Waals surface area contributed by atoms with Crippen molar-refractivity contribution in [3.8, 4) is 5.75 Å². The molecule has 0 saturated carbocycles. The maximum atomic E-state index is 13.6. The van der Waals surface area contributed by atoms with Gasteiger partial charge < -0.3 is 9.84 Å². The molecule has 2 aromatic carbocycles. The monoisotopic (exact) mass is 338 g/mol. The summed E-state index contributed by atoms with van der Waals surface area (Å²) in [5.41, 5.74) is 1.16. The van der Waals surface area contributed by atoms with Crippen LogP contribution in [0.2, 0.25) is 0 Å². The highest BCUT2D eigenvalue weighted by molar-refractivity contribution is 9.10. The van der Waals surface area contributed by atoms with Crippen LogP contribution in [0.4, 0.5) is 4.39 Å². The SMILES string of the molecule is O=C(O)Cc1ccc(OCc2ccc(Br)cc2F)cc1. The Bertz CT molecular complexity index is 611. The maximum absolute atomic E-state index is 13.6. The molecule has 3 nitrogen and oxygen atoms in total. The Kier molecular flexibility index (Phi) is 4.74. The molecule has 0 atom stereocenters. The molecule has 0 unspecified atom stereocenters. The van der Waals surface area contributed by atoms with Gasteiger partial charge >= 0.3 is 5.97 Å². The zero-order valence-corrected chi connectivity index (χ0v) is 12.1. The molecular weight excluding hydrogens is 327 g/mol. The van der Waals surface area contributed by atoms with Crippen molar-refractivity contribution in [2.45, 2.75) is 13.0 Å². The average molecular weight is 339 g/mol. The summed E-state index contributed by atoms with van der Waals surface area (Å²) in [6.45, 7) is 0.122. The molecule has 0 bridgehead atoms. The molecule has 0 aliphatic rings. The maximum Gasteiger partial charge on any atom is 0.307 e. The third-order valence-electron chi connectivity index (χ3n) is 2.69. The van der Waals surface area contributed by atoms with Crippen molar-refractivity contribution < 1.29 is 19.0 Å². The van der Waals surface area contributed by atoms with Gasteiger partial charge in [0.1, 0.15) is 18.2 Å². The number of halogens is 2. The van der Waals surface area contributed by atoms with E-state index < -0.39 is 5.97 Å². The summed E-state index contributed by atoms with van der Waals surface area (Å²) in [7, 11) is 0. The Morgan fingerprint density at radius 3 is 2.50 bits per heavy atom. The molecule has 0 aliphatic heterocycles. The molecule has 5 heteroatoms. The molecule has 2 rings (SSSR count). The molecule has 0 amide bonds. The number of rotatable bonds is 5. The lowest BCUT2D eigenvalue weighted by Gasteiger charge is -2.08. The van der Waals surface area contributed by atoms with Gasteiger partial charge in [0, 0.05) is 10.0 Å². The minimum atomic E-state index is -0.879. The van der Waals surface area contributed by atoms with Crippen molar-refractivity contribution in [2.24, 2.45) is 0 Å². The molecule has 0 aliphatic carbocycles. The number of hydrogen-bond acceptors (Lipinski definition) is 2. The van der Waals surface area contributed by atoms with Crippen LogP contribution < -0.4 is 4.74 Å². The standard InChI is InChI=1S/C15H12BrFO3/c16-12-4-3-11(14(17)8-12)9-20-13-5-1-10(2-6-13)7-15(18)19/h1-6,8H,7,9H2,(H,18,19). The zero-order valence-electron chi connectivity index (χ0n) is 10.5. The normalized spacial score (nSPS) is 10.3. The van der Waals surface area contributed by atoms with Gasteiger partial charge in [-0.1, -0.05) is 34.1 Å². The summed E-state index contributed by atoms with van der Waals surface area (Å²) >= 11 is 3.19. The van der Waals surface area contributed by atoms with Crippen molar-refractivity contribution in [3.05, 3.63) is 63.9 Å². The molecule has 0 fully saturated rings.